The van der Waals surface area contributed by atoms with Gasteiger partial charge in [0.25, 0.3) is 5.91 Å². The van der Waals surface area contributed by atoms with E-state index in [0.29, 0.717) is 16.9 Å². The van der Waals surface area contributed by atoms with E-state index in [1.54, 1.807) is 41.8 Å². The average Bonchev–Trinajstić information content (AvgIpc) is 3.59. The van der Waals surface area contributed by atoms with Gasteiger partial charge < -0.3 is 20.3 Å². The first-order chi connectivity index (χ1) is 19.7. The Balaban J connectivity index is 1.22. The lowest BCUT2D eigenvalue weighted by atomic mass is 10.0. The zero-order valence-electron chi connectivity index (χ0n) is 20.8. The van der Waals surface area contributed by atoms with E-state index in [2.05, 4.69) is 20.8 Å². The number of β-lactam (4-membered cyclic amide) rings is 1. The van der Waals surface area contributed by atoms with E-state index < -0.39 is 47.7 Å². The van der Waals surface area contributed by atoms with Gasteiger partial charge in [-0.15, -0.1) is 28.2 Å². The molecule has 0 spiro atoms. The van der Waals surface area contributed by atoms with Crippen molar-refractivity contribution < 1.29 is 38.9 Å². The van der Waals surface area contributed by atoms with Crippen molar-refractivity contribution in [3.8, 4) is 5.75 Å². The minimum Gasteiger partial charge on any atom is -0.480 e. The van der Waals surface area contributed by atoms with Crippen LogP contribution in [0.15, 0.2) is 58.2 Å². The van der Waals surface area contributed by atoms with Gasteiger partial charge in [-0.1, -0.05) is 30.0 Å². The normalized spacial score (nSPS) is 18.0. The number of carboxylic acid groups (broad SMARTS) is 2. The number of carboxylic acids is 2. The number of thioether (sulfide) groups is 2. The van der Waals surface area contributed by atoms with E-state index in [0.717, 1.165) is 32.7 Å². The van der Waals surface area contributed by atoms with Gasteiger partial charge in [-0.2, -0.15) is 0 Å². The van der Waals surface area contributed by atoms with E-state index in [1.807, 2.05) is 0 Å². The number of carbonyl (C=O) groups excluding carboxylic acids is 3. The van der Waals surface area contributed by atoms with Crippen molar-refractivity contribution in [3.63, 3.8) is 0 Å². The second-order valence-corrected chi connectivity index (χ2v) is 11.6. The molecule has 1 unspecified atom stereocenters. The van der Waals surface area contributed by atoms with Crippen LogP contribution in [0.4, 0.5) is 0 Å². The van der Waals surface area contributed by atoms with Crippen LogP contribution in [0, 0.1) is 0 Å². The number of para-hydroxylation sites is 1. The molecular weight excluding hydrogens is 596 g/mol. The van der Waals surface area contributed by atoms with E-state index in [9.17, 15) is 29.1 Å². The lowest BCUT2D eigenvalue weighted by Gasteiger charge is -2.49. The molecule has 1 fully saturated rings. The predicted octanol–water partition coefficient (Wildman–Crippen LogP) is 1.11. The number of benzene rings is 1. The molecule has 2 aromatic heterocycles. The Hall–Kier alpha value is -4.22. The first-order valence-electron chi connectivity index (χ1n) is 11.9. The summed E-state index contributed by atoms with van der Waals surface area (Å²) in [6.45, 7) is -0.454. The number of fused-ring (bicyclic) bond motifs is 1. The molecule has 2 amide bonds. The van der Waals surface area contributed by atoms with Gasteiger partial charge in [0.15, 0.2) is 0 Å². The molecule has 2 aliphatic heterocycles. The number of carbonyl (C=O) groups is 5. The van der Waals surface area contributed by atoms with Crippen molar-refractivity contribution in [2.24, 2.45) is 0 Å². The molecule has 4 heterocycles. The quantitative estimate of drug-likeness (QED) is 0.120. The Labute approximate surface area is 243 Å². The van der Waals surface area contributed by atoms with E-state index in [1.165, 1.54) is 11.8 Å². The van der Waals surface area contributed by atoms with Gasteiger partial charge >= 0.3 is 17.9 Å². The number of aliphatic carboxylic acids is 2. The zero-order valence-corrected chi connectivity index (χ0v) is 23.3. The first kappa shape index (κ1) is 28.3. The molecule has 3 N–H and O–H groups in total. The lowest BCUT2D eigenvalue weighted by Crippen LogP contribution is -2.70. The standard InChI is InChI=1S/C24H20N6O8S3/c31-15(8-12-6-7-39-19(12)23(37)38-14-4-2-1-3-5-14)25-17-20(34)30-18(22(35)36)13(10-40-21(17)30)11-41-24-26-27-28-29(24)9-16(32)33/h1-7,17,21H,8-11H2,(H,25,31)(H,32,33)(H,35,36)/t17?,21-/m0/s1. The van der Waals surface area contributed by atoms with Gasteiger partial charge in [0.1, 0.15) is 34.3 Å². The van der Waals surface area contributed by atoms with Crippen molar-refractivity contribution in [2.45, 2.75) is 29.5 Å². The number of tetrazole rings is 1. The SMILES string of the molecule is O=C(O)Cn1nnnc1SCC1=C(C(=O)O)N2C(=O)C(NC(=O)Cc3ccsc3C(=O)Oc3ccccc3)[C@@H]2SC1. The Morgan fingerprint density at radius 1 is 1.15 bits per heavy atom. The number of nitrogens with one attached hydrogen (secondary N) is 1. The predicted molar refractivity (Wildman–Crippen MR) is 145 cm³/mol. The Kier molecular flexibility index (Phi) is 8.36. The molecule has 5 rings (SSSR count). The van der Waals surface area contributed by atoms with Crippen LogP contribution in [0.25, 0.3) is 0 Å². The summed E-state index contributed by atoms with van der Waals surface area (Å²) in [6.07, 6.45) is -0.168. The average molecular weight is 617 g/mol. The zero-order chi connectivity index (χ0) is 29.1. The molecule has 1 aromatic carbocycles. The molecule has 14 nitrogen and oxygen atoms in total. The lowest BCUT2D eigenvalue weighted by molar-refractivity contribution is -0.150. The molecule has 0 saturated carbocycles. The largest absolute Gasteiger partial charge is 0.480 e. The fraction of sp³-hybridized carbons (Fsp3) is 0.250. The second-order valence-electron chi connectivity index (χ2n) is 8.67. The van der Waals surface area contributed by atoms with Gasteiger partial charge in [0.2, 0.25) is 11.1 Å². The number of thiophene rings is 1. The van der Waals surface area contributed by atoms with Gasteiger partial charge in [-0.05, 0) is 45.1 Å². The van der Waals surface area contributed by atoms with Crippen LogP contribution >= 0.6 is 34.9 Å². The van der Waals surface area contributed by atoms with Gasteiger partial charge in [-0.25, -0.2) is 14.3 Å². The highest BCUT2D eigenvalue weighted by Crippen LogP contribution is 2.41. The number of amides is 2. The molecule has 41 heavy (non-hydrogen) atoms. The van der Waals surface area contributed by atoms with Crippen LogP contribution in [0.1, 0.15) is 15.2 Å². The van der Waals surface area contributed by atoms with E-state index in [-0.39, 0.29) is 33.7 Å². The highest BCUT2D eigenvalue weighted by Gasteiger charge is 2.54. The molecule has 0 aliphatic carbocycles. The van der Waals surface area contributed by atoms with Gasteiger partial charge in [0.05, 0.1) is 6.42 Å². The van der Waals surface area contributed by atoms with E-state index in [4.69, 9.17) is 9.84 Å². The van der Waals surface area contributed by atoms with Gasteiger partial charge in [-0.3, -0.25) is 19.3 Å². The number of hydrogen-bond acceptors (Lipinski definition) is 12. The summed E-state index contributed by atoms with van der Waals surface area (Å²) in [5.41, 5.74) is 0.702. The second kappa shape index (κ2) is 12.1. The first-order valence-corrected chi connectivity index (χ1v) is 14.8. The van der Waals surface area contributed by atoms with Crippen LogP contribution in [-0.2, 0) is 32.1 Å². The summed E-state index contributed by atoms with van der Waals surface area (Å²) >= 11 is 3.49. The molecule has 212 valence electrons. The third kappa shape index (κ3) is 6.10. The number of nitrogens with zero attached hydrogens (tertiary/aromatic N) is 5. The van der Waals surface area contributed by atoms with E-state index >= 15 is 0 Å². The van der Waals surface area contributed by atoms with Gasteiger partial charge in [0, 0.05) is 11.5 Å². The third-order valence-corrected chi connectivity index (χ3v) is 9.28. The molecule has 0 radical (unpaired) electrons. The van der Waals surface area contributed by atoms with Crippen LogP contribution in [0.5, 0.6) is 5.75 Å². The molecule has 0 bridgehead atoms. The Bertz CT molecular complexity index is 1560. The van der Waals surface area contributed by atoms with Crippen molar-refractivity contribution in [3.05, 3.63) is 63.5 Å². The van der Waals surface area contributed by atoms with Crippen molar-refractivity contribution >= 4 is 64.6 Å². The van der Waals surface area contributed by atoms with Crippen LogP contribution in [-0.4, -0.2) is 88.0 Å². The minimum atomic E-state index is -1.30. The summed E-state index contributed by atoms with van der Waals surface area (Å²) in [6, 6.07) is 9.23. The molecule has 2 atom stereocenters. The number of esters is 1. The molecule has 3 aromatic rings. The Morgan fingerprint density at radius 3 is 2.66 bits per heavy atom. The summed E-state index contributed by atoms with van der Waals surface area (Å²) in [4.78, 5) is 63.0. The molecule has 17 heteroatoms. The minimum absolute atomic E-state index is 0.113. The number of hydrogen-bond donors (Lipinski definition) is 3. The summed E-state index contributed by atoms with van der Waals surface area (Å²) in [7, 11) is 0. The molecule has 1 saturated heterocycles. The highest BCUT2D eigenvalue weighted by atomic mass is 32.2. The maximum atomic E-state index is 13.0. The molecular formula is C24H20N6O8S3. The smallest absolute Gasteiger partial charge is 0.353 e. The third-order valence-electron chi connectivity index (χ3n) is 5.96. The van der Waals surface area contributed by atoms with Crippen molar-refractivity contribution in [1.29, 1.82) is 0 Å². The monoisotopic (exact) mass is 616 g/mol. The number of rotatable bonds is 11. The maximum absolute atomic E-state index is 13.0. The van der Waals surface area contributed by atoms with Crippen LogP contribution < -0.4 is 10.1 Å². The number of aromatic nitrogens is 4. The molecule has 2 aliphatic rings. The van der Waals surface area contributed by atoms with Crippen LogP contribution in [0.3, 0.4) is 0 Å². The fourth-order valence-corrected chi connectivity index (χ4v) is 7.33. The Morgan fingerprint density at radius 2 is 1.93 bits per heavy atom. The summed E-state index contributed by atoms with van der Waals surface area (Å²) in [5, 5.41) is 33.6. The summed E-state index contributed by atoms with van der Waals surface area (Å²) < 4.78 is 6.44. The summed E-state index contributed by atoms with van der Waals surface area (Å²) in [5.74, 6) is -3.35. The van der Waals surface area contributed by atoms with Crippen LogP contribution in [0.2, 0.25) is 0 Å². The fourth-order valence-electron chi connectivity index (χ4n) is 4.17. The number of ether oxygens (including phenoxy) is 1. The topological polar surface area (TPSA) is 194 Å². The van der Waals surface area contributed by atoms with Crippen molar-refractivity contribution in [1.82, 2.24) is 30.4 Å². The highest BCUT2D eigenvalue weighted by molar-refractivity contribution is 8.01. The maximum Gasteiger partial charge on any atom is 0.353 e. The van der Waals surface area contributed by atoms with Crippen molar-refractivity contribution in [2.75, 3.05) is 11.5 Å².